The Morgan fingerprint density at radius 1 is 1.04 bits per heavy atom. The summed E-state index contributed by atoms with van der Waals surface area (Å²) in [4.78, 5) is 12.6. The van der Waals surface area contributed by atoms with E-state index in [1.807, 2.05) is 32.0 Å². The summed E-state index contributed by atoms with van der Waals surface area (Å²) in [5, 5.41) is 2.76. The van der Waals surface area contributed by atoms with Crippen LogP contribution in [0.3, 0.4) is 0 Å². The first kappa shape index (κ1) is 21.9. The summed E-state index contributed by atoms with van der Waals surface area (Å²) in [6.07, 6.45) is 0. The third-order valence-corrected chi connectivity index (χ3v) is 6.73. The third-order valence-electron chi connectivity index (χ3n) is 4.92. The normalized spacial score (nSPS) is 12.5. The summed E-state index contributed by atoms with van der Waals surface area (Å²) in [6.45, 7) is 9.16. The molecule has 28 heavy (non-hydrogen) atoms. The molecule has 0 unspecified atom stereocenters. The molecule has 0 aliphatic carbocycles. The molecule has 1 atom stereocenters. The molecule has 0 saturated heterocycles. The van der Waals surface area contributed by atoms with Crippen LogP contribution in [0.1, 0.15) is 34.7 Å². The van der Waals surface area contributed by atoms with Crippen LogP contribution in [0.15, 0.2) is 35.2 Å². The summed E-state index contributed by atoms with van der Waals surface area (Å²) >= 11 is 0. The Balaban J connectivity index is 2.10. The van der Waals surface area contributed by atoms with Crippen molar-refractivity contribution < 1.29 is 17.9 Å². The molecule has 0 spiro atoms. The maximum Gasteiger partial charge on any atom is 0.241 e. The van der Waals surface area contributed by atoms with Crippen molar-refractivity contribution in [1.29, 1.82) is 0 Å². The highest BCUT2D eigenvalue weighted by Crippen LogP contribution is 2.26. The molecule has 152 valence electrons. The van der Waals surface area contributed by atoms with Crippen molar-refractivity contribution in [2.24, 2.45) is 0 Å². The zero-order valence-electron chi connectivity index (χ0n) is 17.2. The minimum atomic E-state index is -3.83. The summed E-state index contributed by atoms with van der Waals surface area (Å²) in [5.41, 5.74) is 4.09. The monoisotopic (exact) mass is 404 g/mol. The lowest BCUT2D eigenvalue weighted by atomic mass is 10.0. The van der Waals surface area contributed by atoms with E-state index in [1.165, 1.54) is 6.92 Å². The standard InChI is InChI=1S/C21H28N2O4S/c1-13-11-14(2)16(4)20(15(13)3)28(25,26)23-17(5)21(24)22-12-18-7-9-19(27-6)10-8-18/h7-11,17,23H,12H2,1-6H3,(H,22,24)/t17-/m0/s1. The molecule has 6 nitrogen and oxygen atoms in total. The van der Waals surface area contributed by atoms with Crippen LogP contribution in [-0.2, 0) is 21.4 Å². The van der Waals surface area contributed by atoms with E-state index >= 15 is 0 Å². The number of hydrogen-bond donors (Lipinski definition) is 2. The quantitative estimate of drug-likeness (QED) is 0.743. The summed E-state index contributed by atoms with van der Waals surface area (Å²) < 4.78 is 33.5. The molecular formula is C21H28N2O4S. The fourth-order valence-electron chi connectivity index (χ4n) is 3.01. The Morgan fingerprint density at radius 2 is 1.57 bits per heavy atom. The van der Waals surface area contributed by atoms with Gasteiger partial charge in [-0.25, -0.2) is 8.42 Å². The molecule has 7 heteroatoms. The van der Waals surface area contributed by atoms with E-state index in [4.69, 9.17) is 4.74 Å². The lowest BCUT2D eigenvalue weighted by molar-refractivity contribution is -0.122. The third kappa shape index (κ3) is 4.91. The molecule has 0 aromatic heterocycles. The number of aryl methyl sites for hydroxylation is 2. The first-order chi connectivity index (χ1) is 13.1. The van der Waals surface area contributed by atoms with Crippen LogP contribution in [0, 0.1) is 27.7 Å². The Hall–Kier alpha value is -2.38. The first-order valence-corrected chi connectivity index (χ1v) is 10.6. The molecule has 0 fully saturated rings. The van der Waals surface area contributed by atoms with Gasteiger partial charge in [-0.3, -0.25) is 4.79 Å². The smallest absolute Gasteiger partial charge is 0.241 e. The van der Waals surface area contributed by atoms with E-state index in [1.54, 1.807) is 33.1 Å². The number of ether oxygens (including phenoxy) is 1. The minimum Gasteiger partial charge on any atom is -0.497 e. The topological polar surface area (TPSA) is 84.5 Å². The number of carbonyl (C=O) groups is 1. The van der Waals surface area contributed by atoms with Crippen LogP contribution in [0.25, 0.3) is 0 Å². The second-order valence-electron chi connectivity index (χ2n) is 7.00. The van der Waals surface area contributed by atoms with Gasteiger partial charge in [0.05, 0.1) is 18.0 Å². The molecule has 2 aromatic carbocycles. The fraction of sp³-hybridized carbons (Fsp3) is 0.381. The van der Waals surface area contributed by atoms with Gasteiger partial charge in [-0.1, -0.05) is 18.2 Å². The number of methoxy groups -OCH3 is 1. The second kappa shape index (κ2) is 8.75. The summed E-state index contributed by atoms with van der Waals surface area (Å²) in [5.74, 6) is 0.342. The van der Waals surface area contributed by atoms with Gasteiger partial charge in [-0.15, -0.1) is 0 Å². The molecule has 2 N–H and O–H groups in total. The highest BCUT2D eigenvalue weighted by atomic mass is 32.2. The van der Waals surface area contributed by atoms with E-state index in [0.717, 1.165) is 22.4 Å². The number of hydrogen-bond acceptors (Lipinski definition) is 4. The van der Waals surface area contributed by atoms with E-state index < -0.39 is 16.1 Å². The number of amides is 1. The van der Waals surface area contributed by atoms with Crippen molar-refractivity contribution >= 4 is 15.9 Å². The van der Waals surface area contributed by atoms with Gasteiger partial charge < -0.3 is 10.1 Å². The zero-order chi connectivity index (χ0) is 21.1. The van der Waals surface area contributed by atoms with Crippen LogP contribution < -0.4 is 14.8 Å². The van der Waals surface area contributed by atoms with Crippen molar-refractivity contribution in [3.05, 3.63) is 58.1 Å². The molecule has 0 aliphatic heterocycles. The molecule has 2 aromatic rings. The largest absolute Gasteiger partial charge is 0.497 e. The van der Waals surface area contributed by atoms with Gasteiger partial charge in [0.1, 0.15) is 5.75 Å². The van der Waals surface area contributed by atoms with Gasteiger partial charge in [-0.2, -0.15) is 4.72 Å². The Bertz CT molecular complexity index is 941. The van der Waals surface area contributed by atoms with Crippen molar-refractivity contribution in [2.45, 2.75) is 52.1 Å². The average molecular weight is 405 g/mol. The molecule has 0 bridgehead atoms. The summed E-state index contributed by atoms with van der Waals surface area (Å²) in [7, 11) is -2.24. The number of sulfonamides is 1. The van der Waals surface area contributed by atoms with Crippen molar-refractivity contribution in [3.63, 3.8) is 0 Å². The predicted molar refractivity (Wildman–Crippen MR) is 110 cm³/mol. The van der Waals surface area contributed by atoms with Gasteiger partial charge >= 0.3 is 0 Å². The lowest BCUT2D eigenvalue weighted by Crippen LogP contribution is -2.44. The van der Waals surface area contributed by atoms with E-state index in [0.29, 0.717) is 17.7 Å². The van der Waals surface area contributed by atoms with Gasteiger partial charge in [0, 0.05) is 6.54 Å². The highest BCUT2D eigenvalue weighted by molar-refractivity contribution is 7.89. The minimum absolute atomic E-state index is 0.250. The number of carbonyl (C=O) groups excluding carboxylic acids is 1. The number of benzene rings is 2. The first-order valence-electron chi connectivity index (χ1n) is 9.07. The number of rotatable bonds is 7. The van der Waals surface area contributed by atoms with E-state index in [9.17, 15) is 13.2 Å². The van der Waals surface area contributed by atoms with Crippen LogP contribution in [0.4, 0.5) is 0 Å². The molecule has 1 amide bonds. The van der Waals surface area contributed by atoms with Crippen LogP contribution in [0.5, 0.6) is 5.75 Å². The number of nitrogens with one attached hydrogen (secondary N) is 2. The van der Waals surface area contributed by atoms with Crippen LogP contribution in [0.2, 0.25) is 0 Å². The molecule has 0 saturated carbocycles. The second-order valence-corrected chi connectivity index (χ2v) is 8.65. The molecule has 0 aliphatic rings. The van der Waals surface area contributed by atoms with Crippen LogP contribution in [-0.4, -0.2) is 27.5 Å². The lowest BCUT2D eigenvalue weighted by Gasteiger charge is -2.19. The predicted octanol–water partition coefficient (Wildman–Crippen LogP) is 2.91. The van der Waals surface area contributed by atoms with Gasteiger partial charge in [-0.05, 0) is 74.6 Å². The maximum atomic E-state index is 12.9. The summed E-state index contributed by atoms with van der Waals surface area (Å²) in [6, 6.07) is 8.36. The molecule has 0 radical (unpaired) electrons. The van der Waals surface area contributed by atoms with Gasteiger partial charge in [0.25, 0.3) is 0 Å². The maximum absolute atomic E-state index is 12.9. The molecular weight excluding hydrogens is 376 g/mol. The zero-order valence-corrected chi connectivity index (χ0v) is 18.0. The highest BCUT2D eigenvalue weighted by Gasteiger charge is 2.26. The fourth-order valence-corrected chi connectivity index (χ4v) is 4.83. The van der Waals surface area contributed by atoms with Gasteiger partial charge in [0.2, 0.25) is 15.9 Å². The Kier molecular flexibility index (Phi) is 6.85. The van der Waals surface area contributed by atoms with Gasteiger partial charge in [0.15, 0.2) is 0 Å². The molecule has 2 rings (SSSR count). The Labute approximate surface area is 167 Å². The van der Waals surface area contributed by atoms with Crippen molar-refractivity contribution in [1.82, 2.24) is 10.0 Å². The van der Waals surface area contributed by atoms with Crippen molar-refractivity contribution in [3.8, 4) is 5.75 Å². The SMILES string of the molecule is COc1ccc(CNC(=O)[C@H](C)NS(=O)(=O)c2c(C)c(C)cc(C)c2C)cc1. The average Bonchev–Trinajstić information content (AvgIpc) is 2.64. The molecule has 0 heterocycles. The van der Waals surface area contributed by atoms with E-state index in [-0.39, 0.29) is 10.8 Å². The van der Waals surface area contributed by atoms with Crippen LogP contribution >= 0.6 is 0 Å². The van der Waals surface area contributed by atoms with Crippen molar-refractivity contribution in [2.75, 3.05) is 7.11 Å². The Morgan fingerprint density at radius 3 is 2.07 bits per heavy atom. The van der Waals surface area contributed by atoms with E-state index in [2.05, 4.69) is 10.0 Å².